The van der Waals surface area contributed by atoms with Gasteiger partial charge in [-0.05, 0) is 140 Å². The molecule has 8 heteroatoms. The number of hydrogen-bond donors (Lipinski definition) is 2. The second-order valence-electron chi connectivity index (χ2n) is 12.6. The lowest BCUT2D eigenvalue weighted by Gasteiger charge is -2.08. The third-order valence-electron chi connectivity index (χ3n) is 9.15. The van der Waals surface area contributed by atoms with Crippen molar-refractivity contribution in [3.8, 4) is 0 Å². The summed E-state index contributed by atoms with van der Waals surface area (Å²) in [6.45, 7) is 13.1. The number of ketones is 4. The highest BCUT2D eigenvalue weighted by molar-refractivity contribution is 6.14. The highest BCUT2D eigenvalue weighted by atomic mass is 16.1. The van der Waals surface area contributed by atoms with Crippen LogP contribution in [0.5, 0.6) is 0 Å². The minimum atomic E-state index is 0.0516. The van der Waals surface area contributed by atoms with Gasteiger partial charge in [0.1, 0.15) is 0 Å². The van der Waals surface area contributed by atoms with Gasteiger partial charge in [0.2, 0.25) is 0 Å². The number of nitrogens with one attached hydrogen (secondary N) is 2. The molecule has 49 heavy (non-hydrogen) atoms. The van der Waals surface area contributed by atoms with Gasteiger partial charge in [0.05, 0.1) is 0 Å². The Kier molecular flexibility index (Phi) is 11.2. The molecular formula is C41H46N4O4. The van der Waals surface area contributed by atoms with Crippen molar-refractivity contribution in [1.82, 2.24) is 19.8 Å². The predicted octanol–water partition coefficient (Wildman–Crippen LogP) is 8.01. The highest BCUT2D eigenvalue weighted by Gasteiger charge is 2.15. The first-order valence-electron chi connectivity index (χ1n) is 17.1. The van der Waals surface area contributed by atoms with E-state index < -0.39 is 0 Å². The first-order chi connectivity index (χ1) is 23.5. The standard InChI is InChI=1S/C21H24N2O2.C20H22N2O2/c1-4-22-10-5-11-23-20-8-6-16(14(2)24)12-18(20)19-13-17(15(3)25)7-9-21(19)23;1-13(23)15-5-7-19-17(11-15)18-12-16(14(2)24)6-8-20(18)22(19)10-4-9-21-3/h6-9,12-13,22H,4-5,10-11H2,1-3H3;5-8,11-12,21H,4,9-10H2,1-3H3. The molecule has 0 aliphatic heterocycles. The maximum absolute atomic E-state index is 11.8. The van der Waals surface area contributed by atoms with Crippen LogP contribution in [0.15, 0.2) is 72.8 Å². The van der Waals surface area contributed by atoms with Crippen molar-refractivity contribution in [2.24, 2.45) is 0 Å². The monoisotopic (exact) mass is 658 g/mol. The Labute approximate surface area is 287 Å². The van der Waals surface area contributed by atoms with Crippen LogP contribution in [0.25, 0.3) is 43.6 Å². The van der Waals surface area contributed by atoms with Gasteiger partial charge in [-0.15, -0.1) is 0 Å². The van der Waals surface area contributed by atoms with E-state index in [-0.39, 0.29) is 23.1 Å². The molecule has 0 spiro atoms. The summed E-state index contributed by atoms with van der Waals surface area (Å²) < 4.78 is 4.56. The molecule has 6 rings (SSSR count). The number of carbonyl (C=O) groups is 4. The van der Waals surface area contributed by atoms with Crippen LogP contribution in [0.2, 0.25) is 0 Å². The molecule has 6 aromatic rings. The lowest BCUT2D eigenvalue weighted by Crippen LogP contribution is -2.15. The number of aromatic nitrogens is 2. The number of fused-ring (bicyclic) bond motifs is 6. The van der Waals surface area contributed by atoms with Crippen LogP contribution in [0.1, 0.15) is 88.9 Å². The van der Waals surface area contributed by atoms with Gasteiger partial charge in [0, 0.05) is 79.0 Å². The molecule has 0 aliphatic rings. The van der Waals surface area contributed by atoms with Gasteiger partial charge in [-0.1, -0.05) is 6.92 Å². The molecule has 4 aromatic carbocycles. The van der Waals surface area contributed by atoms with Crippen LogP contribution in [0.3, 0.4) is 0 Å². The van der Waals surface area contributed by atoms with Crippen molar-refractivity contribution in [2.45, 2.75) is 60.5 Å². The van der Waals surface area contributed by atoms with Gasteiger partial charge >= 0.3 is 0 Å². The zero-order valence-corrected chi connectivity index (χ0v) is 29.4. The SMILES string of the molecule is CCNCCCn1c2ccc(C(C)=O)cc2c2cc(C(C)=O)ccc21.CNCCCn1c2ccc(C(C)=O)cc2c2cc(C(C)=O)ccc21. The number of benzene rings is 4. The van der Waals surface area contributed by atoms with Crippen LogP contribution >= 0.6 is 0 Å². The van der Waals surface area contributed by atoms with Crippen molar-refractivity contribution in [2.75, 3.05) is 26.7 Å². The average Bonchev–Trinajstić information content (AvgIpc) is 3.57. The van der Waals surface area contributed by atoms with Crippen LogP contribution in [-0.2, 0) is 13.1 Å². The molecule has 0 atom stereocenters. The van der Waals surface area contributed by atoms with Crippen LogP contribution < -0.4 is 10.6 Å². The molecular weight excluding hydrogens is 612 g/mol. The normalized spacial score (nSPS) is 11.3. The van der Waals surface area contributed by atoms with Crippen molar-refractivity contribution in [3.63, 3.8) is 0 Å². The molecule has 254 valence electrons. The Morgan fingerprint density at radius 2 is 0.816 bits per heavy atom. The summed E-state index contributed by atoms with van der Waals surface area (Å²) in [6.07, 6.45) is 2.04. The number of nitrogens with zero attached hydrogens (tertiary/aromatic N) is 2. The molecule has 0 bridgehead atoms. The van der Waals surface area contributed by atoms with E-state index in [9.17, 15) is 19.2 Å². The van der Waals surface area contributed by atoms with E-state index in [1.54, 1.807) is 27.7 Å². The van der Waals surface area contributed by atoms with E-state index in [0.717, 1.165) is 89.2 Å². The van der Waals surface area contributed by atoms with Gasteiger partial charge < -0.3 is 19.8 Å². The first kappa shape index (κ1) is 35.4. The molecule has 0 saturated carbocycles. The molecule has 0 aliphatic carbocycles. The quantitative estimate of drug-likeness (QED) is 0.0963. The van der Waals surface area contributed by atoms with Gasteiger partial charge in [0.15, 0.2) is 23.1 Å². The number of aryl methyl sites for hydroxylation is 2. The summed E-state index contributed by atoms with van der Waals surface area (Å²) in [6, 6.07) is 23.4. The minimum absolute atomic E-state index is 0.0516. The summed E-state index contributed by atoms with van der Waals surface area (Å²) in [7, 11) is 1.95. The Morgan fingerprint density at radius 1 is 0.510 bits per heavy atom. The molecule has 2 N–H and O–H groups in total. The van der Waals surface area contributed by atoms with Crippen molar-refractivity contribution < 1.29 is 19.2 Å². The third kappa shape index (κ3) is 7.56. The van der Waals surface area contributed by atoms with E-state index in [1.165, 1.54) is 0 Å². The van der Waals surface area contributed by atoms with E-state index in [0.29, 0.717) is 22.3 Å². The Bertz CT molecular complexity index is 2060. The molecule has 0 fully saturated rings. The zero-order chi connectivity index (χ0) is 35.2. The molecule has 2 aromatic heterocycles. The van der Waals surface area contributed by atoms with Crippen molar-refractivity contribution >= 4 is 66.7 Å². The summed E-state index contributed by atoms with van der Waals surface area (Å²) in [4.78, 5) is 47.1. The summed E-state index contributed by atoms with van der Waals surface area (Å²) in [5.41, 5.74) is 7.22. The fraction of sp³-hybridized carbons (Fsp3) is 0.317. The first-order valence-corrected chi connectivity index (χ1v) is 17.1. The third-order valence-corrected chi connectivity index (χ3v) is 9.15. The van der Waals surface area contributed by atoms with Gasteiger partial charge in [-0.25, -0.2) is 0 Å². The number of carbonyl (C=O) groups excluding carboxylic acids is 4. The molecule has 0 amide bonds. The second-order valence-corrected chi connectivity index (χ2v) is 12.6. The molecule has 0 radical (unpaired) electrons. The van der Waals surface area contributed by atoms with Gasteiger partial charge in [0.25, 0.3) is 0 Å². The van der Waals surface area contributed by atoms with Crippen LogP contribution in [0, 0.1) is 0 Å². The number of hydrogen-bond acceptors (Lipinski definition) is 6. The molecule has 0 saturated heterocycles. The minimum Gasteiger partial charge on any atom is -0.340 e. The summed E-state index contributed by atoms with van der Waals surface area (Å²) in [5.74, 6) is 0.210. The average molecular weight is 659 g/mol. The topological polar surface area (TPSA) is 102 Å². The second kappa shape index (κ2) is 15.5. The molecule has 2 heterocycles. The zero-order valence-electron chi connectivity index (χ0n) is 29.4. The maximum Gasteiger partial charge on any atom is 0.159 e. The van der Waals surface area contributed by atoms with E-state index >= 15 is 0 Å². The van der Waals surface area contributed by atoms with Crippen LogP contribution in [0.4, 0.5) is 0 Å². The van der Waals surface area contributed by atoms with Crippen molar-refractivity contribution in [1.29, 1.82) is 0 Å². The molecule has 0 unspecified atom stereocenters. The largest absolute Gasteiger partial charge is 0.340 e. The van der Waals surface area contributed by atoms with E-state index in [1.807, 2.05) is 79.8 Å². The van der Waals surface area contributed by atoms with Gasteiger partial charge in [-0.3, -0.25) is 19.2 Å². The fourth-order valence-electron chi connectivity index (χ4n) is 6.52. The predicted molar refractivity (Wildman–Crippen MR) is 201 cm³/mol. The Hall–Kier alpha value is -4.92. The Balaban J connectivity index is 0.000000191. The van der Waals surface area contributed by atoms with E-state index in [2.05, 4.69) is 26.7 Å². The summed E-state index contributed by atoms with van der Waals surface area (Å²) in [5, 5.41) is 10.7. The number of Topliss-reactive ketones (excluding diaryl/α,β-unsaturated/α-hetero) is 4. The lowest BCUT2D eigenvalue weighted by molar-refractivity contribution is 0.100. The van der Waals surface area contributed by atoms with Gasteiger partial charge in [-0.2, -0.15) is 0 Å². The van der Waals surface area contributed by atoms with Crippen LogP contribution in [-0.4, -0.2) is 58.9 Å². The Morgan fingerprint density at radius 3 is 1.08 bits per heavy atom. The fourth-order valence-corrected chi connectivity index (χ4v) is 6.52. The number of rotatable bonds is 13. The highest BCUT2D eigenvalue weighted by Crippen LogP contribution is 2.32. The lowest BCUT2D eigenvalue weighted by atomic mass is 10.0. The molecule has 8 nitrogen and oxygen atoms in total. The smallest absolute Gasteiger partial charge is 0.159 e. The van der Waals surface area contributed by atoms with Crippen molar-refractivity contribution in [3.05, 3.63) is 95.1 Å². The summed E-state index contributed by atoms with van der Waals surface area (Å²) >= 11 is 0. The maximum atomic E-state index is 11.8. The van der Waals surface area contributed by atoms with E-state index in [4.69, 9.17) is 0 Å².